The number of aliphatic hydroxyl groups is 1. The van der Waals surface area contributed by atoms with E-state index in [0.717, 1.165) is 38.5 Å². The summed E-state index contributed by atoms with van der Waals surface area (Å²) in [5.74, 6) is 0.511. The maximum Gasteiger partial charge on any atom is 0.311 e. The lowest BCUT2D eigenvalue weighted by Gasteiger charge is -2.42. The highest BCUT2D eigenvalue weighted by Gasteiger charge is 2.45. The minimum atomic E-state index is -0.853. The van der Waals surface area contributed by atoms with Gasteiger partial charge in [0.15, 0.2) is 0 Å². The highest BCUT2D eigenvalue weighted by molar-refractivity contribution is 5.73. The second kappa shape index (κ2) is 6.55. The molecule has 0 radical (unpaired) electrons. The van der Waals surface area contributed by atoms with Crippen molar-refractivity contribution in [2.75, 3.05) is 7.11 Å². The number of rotatable bonds is 5. The molecule has 1 aliphatic rings. The van der Waals surface area contributed by atoms with Crippen LogP contribution in [0.4, 0.5) is 0 Å². The Morgan fingerprint density at radius 3 is 2.61 bits per heavy atom. The van der Waals surface area contributed by atoms with Crippen molar-refractivity contribution in [3.05, 3.63) is 0 Å². The Morgan fingerprint density at radius 2 is 2.11 bits per heavy atom. The summed E-state index contributed by atoms with van der Waals surface area (Å²) in [7, 11) is 1.42. The van der Waals surface area contributed by atoms with E-state index in [9.17, 15) is 9.90 Å². The molecule has 1 rings (SSSR count). The first-order valence-electron chi connectivity index (χ1n) is 7.24. The van der Waals surface area contributed by atoms with Crippen LogP contribution in [0, 0.1) is 17.8 Å². The van der Waals surface area contributed by atoms with Crippen LogP contribution in [0.15, 0.2) is 0 Å². The first-order chi connectivity index (χ1) is 8.44. The molecule has 1 aliphatic carbocycles. The fourth-order valence-corrected chi connectivity index (χ4v) is 3.10. The second-order valence-electron chi connectivity index (χ2n) is 6.02. The van der Waals surface area contributed by atoms with E-state index in [1.54, 1.807) is 0 Å². The molecule has 18 heavy (non-hydrogen) atoms. The summed E-state index contributed by atoms with van der Waals surface area (Å²) >= 11 is 0. The third-order valence-corrected chi connectivity index (χ3v) is 4.66. The minimum absolute atomic E-state index is 0.243. The number of ether oxygens (including phenoxy) is 1. The van der Waals surface area contributed by atoms with Gasteiger partial charge in [-0.3, -0.25) is 4.79 Å². The average molecular weight is 256 g/mol. The minimum Gasteiger partial charge on any atom is -0.469 e. The van der Waals surface area contributed by atoms with Crippen LogP contribution in [0.2, 0.25) is 0 Å². The summed E-state index contributed by atoms with van der Waals surface area (Å²) in [5, 5.41) is 10.8. The predicted octanol–water partition coefficient (Wildman–Crippen LogP) is 3.15. The fraction of sp³-hybridized carbons (Fsp3) is 0.933. The van der Waals surface area contributed by atoms with E-state index in [2.05, 4.69) is 20.8 Å². The van der Waals surface area contributed by atoms with Gasteiger partial charge in [0.2, 0.25) is 0 Å². The van der Waals surface area contributed by atoms with Crippen LogP contribution in [-0.2, 0) is 9.53 Å². The molecular formula is C15H28O3. The van der Waals surface area contributed by atoms with Crippen molar-refractivity contribution in [1.29, 1.82) is 0 Å². The molecule has 4 atom stereocenters. The predicted molar refractivity (Wildman–Crippen MR) is 72.2 cm³/mol. The van der Waals surface area contributed by atoms with E-state index in [4.69, 9.17) is 4.74 Å². The Hall–Kier alpha value is -0.570. The molecule has 3 heteroatoms. The number of esters is 1. The maximum atomic E-state index is 11.9. The van der Waals surface area contributed by atoms with Gasteiger partial charge in [-0.2, -0.15) is 0 Å². The third-order valence-electron chi connectivity index (χ3n) is 4.66. The molecule has 0 bridgehead atoms. The zero-order valence-electron chi connectivity index (χ0n) is 12.2. The molecule has 0 spiro atoms. The summed E-state index contributed by atoms with van der Waals surface area (Å²) in [6.45, 7) is 6.50. The van der Waals surface area contributed by atoms with Crippen molar-refractivity contribution in [3.63, 3.8) is 0 Å². The van der Waals surface area contributed by atoms with Crippen LogP contribution in [0.1, 0.15) is 59.3 Å². The van der Waals surface area contributed by atoms with Crippen molar-refractivity contribution in [1.82, 2.24) is 0 Å². The molecule has 0 aliphatic heterocycles. The topological polar surface area (TPSA) is 46.5 Å². The Bertz CT molecular complexity index is 277. The van der Waals surface area contributed by atoms with Crippen LogP contribution in [0.25, 0.3) is 0 Å². The van der Waals surface area contributed by atoms with Gasteiger partial charge in [0.1, 0.15) is 0 Å². The van der Waals surface area contributed by atoms with Gasteiger partial charge in [-0.25, -0.2) is 0 Å². The van der Waals surface area contributed by atoms with Crippen LogP contribution >= 0.6 is 0 Å². The maximum absolute atomic E-state index is 11.9. The normalized spacial score (nSPS) is 34.1. The first-order valence-corrected chi connectivity index (χ1v) is 7.24. The van der Waals surface area contributed by atoms with Crippen LogP contribution in [0.3, 0.4) is 0 Å². The van der Waals surface area contributed by atoms with Crippen molar-refractivity contribution in [3.8, 4) is 0 Å². The summed E-state index contributed by atoms with van der Waals surface area (Å²) in [6.07, 6.45) is 5.18. The Morgan fingerprint density at radius 1 is 1.44 bits per heavy atom. The number of carbonyl (C=O) groups is 1. The molecule has 3 nitrogen and oxygen atoms in total. The van der Waals surface area contributed by atoms with E-state index in [0.29, 0.717) is 11.8 Å². The molecular weight excluding hydrogens is 228 g/mol. The smallest absolute Gasteiger partial charge is 0.311 e. The van der Waals surface area contributed by atoms with E-state index < -0.39 is 5.60 Å². The number of hydrogen-bond acceptors (Lipinski definition) is 3. The molecule has 1 N–H and O–H groups in total. The second-order valence-corrected chi connectivity index (χ2v) is 6.02. The summed E-state index contributed by atoms with van der Waals surface area (Å²) in [4.78, 5) is 11.9. The van der Waals surface area contributed by atoms with Gasteiger partial charge in [0, 0.05) is 0 Å². The number of carbonyl (C=O) groups excluding carboxylic acids is 1. The molecule has 1 saturated carbocycles. The Balaban J connectivity index is 2.79. The zero-order valence-corrected chi connectivity index (χ0v) is 12.2. The van der Waals surface area contributed by atoms with Crippen LogP contribution in [-0.4, -0.2) is 23.8 Å². The third kappa shape index (κ3) is 3.47. The van der Waals surface area contributed by atoms with E-state index in [1.165, 1.54) is 7.11 Å². The van der Waals surface area contributed by atoms with E-state index in [-0.39, 0.29) is 11.9 Å². The van der Waals surface area contributed by atoms with Gasteiger partial charge in [-0.15, -0.1) is 0 Å². The zero-order chi connectivity index (χ0) is 13.8. The fourth-order valence-electron chi connectivity index (χ4n) is 3.10. The molecule has 0 amide bonds. The molecule has 0 aromatic rings. The largest absolute Gasteiger partial charge is 0.469 e. The van der Waals surface area contributed by atoms with Gasteiger partial charge < -0.3 is 9.84 Å². The standard InChI is InChI=1S/C15H28O3/c1-5-6-7-13(14(16)18-4)15(17)9-8-11(2)12(3)10-15/h11-13,17H,5-10H2,1-4H3. The van der Waals surface area contributed by atoms with Crippen molar-refractivity contribution >= 4 is 5.97 Å². The molecule has 4 unspecified atom stereocenters. The van der Waals surface area contributed by atoms with Crippen molar-refractivity contribution in [2.24, 2.45) is 17.8 Å². The van der Waals surface area contributed by atoms with Gasteiger partial charge in [-0.05, 0) is 37.5 Å². The molecule has 0 saturated heterocycles. The lowest BCUT2D eigenvalue weighted by atomic mass is 9.67. The van der Waals surface area contributed by atoms with Crippen LogP contribution < -0.4 is 0 Å². The van der Waals surface area contributed by atoms with Crippen LogP contribution in [0.5, 0.6) is 0 Å². The van der Waals surface area contributed by atoms with Gasteiger partial charge >= 0.3 is 5.97 Å². The molecule has 1 fully saturated rings. The summed E-state index contributed by atoms with van der Waals surface area (Å²) in [5.41, 5.74) is -0.853. The van der Waals surface area contributed by atoms with E-state index in [1.807, 2.05) is 0 Å². The Kier molecular flexibility index (Phi) is 5.64. The van der Waals surface area contributed by atoms with Crippen molar-refractivity contribution < 1.29 is 14.6 Å². The summed E-state index contributed by atoms with van der Waals surface area (Å²) < 4.78 is 4.89. The lowest BCUT2D eigenvalue weighted by molar-refractivity contribution is -0.161. The highest BCUT2D eigenvalue weighted by atomic mass is 16.5. The highest BCUT2D eigenvalue weighted by Crippen LogP contribution is 2.42. The molecule has 0 aromatic heterocycles. The number of methoxy groups -OCH3 is 1. The van der Waals surface area contributed by atoms with Crippen molar-refractivity contribution in [2.45, 2.75) is 64.9 Å². The van der Waals surface area contributed by atoms with E-state index >= 15 is 0 Å². The number of unbranched alkanes of at least 4 members (excludes halogenated alkanes) is 1. The number of hydrogen-bond donors (Lipinski definition) is 1. The monoisotopic (exact) mass is 256 g/mol. The molecule has 106 valence electrons. The quantitative estimate of drug-likeness (QED) is 0.769. The first kappa shape index (κ1) is 15.5. The van der Waals surface area contributed by atoms with Gasteiger partial charge in [0.25, 0.3) is 0 Å². The molecule has 0 aromatic carbocycles. The Labute approximate surface area is 111 Å². The van der Waals surface area contributed by atoms with Gasteiger partial charge in [-0.1, -0.05) is 33.6 Å². The SMILES string of the molecule is CCCCC(C(=O)OC)C1(O)CCC(C)C(C)C1. The summed E-state index contributed by atoms with van der Waals surface area (Å²) in [6, 6.07) is 0. The lowest BCUT2D eigenvalue weighted by Crippen LogP contribution is -2.47. The average Bonchev–Trinajstić information content (AvgIpc) is 2.34. The van der Waals surface area contributed by atoms with Gasteiger partial charge in [0.05, 0.1) is 18.6 Å². The molecule has 0 heterocycles.